The highest BCUT2D eigenvalue weighted by atomic mass is 32.2. The third kappa shape index (κ3) is 2.07. The molecule has 0 bridgehead atoms. The van der Waals surface area contributed by atoms with Gasteiger partial charge in [0.2, 0.25) is 0 Å². The largest absolute Gasteiger partial charge is 0.238 e. The summed E-state index contributed by atoms with van der Waals surface area (Å²) in [6.07, 6.45) is 1.13. The van der Waals surface area contributed by atoms with Gasteiger partial charge in [-0.15, -0.1) is 0 Å². The SMILES string of the molecule is [C-]#[N+]c1cc(S(C)(=O)=O)ccc1C. The van der Waals surface area contributed by atoms with Crippen LogP contribution >= 0.6 is 0 Å². The number of hydrogen-bond acceptors (Lipinski definition) is 2. The van der Waals surface area contributed by atoms with Gasteiger partial charge < -0.3 is 0 Å². The van der Waals surface area contributed by atoms with Crippen LogP contribution in [0.3, 0.4) is 0 Å². The van der Waals surface area contributed by atoms with E-state index in [9.17, 15) is 8.42 Å². The second kappa shape index (κ2) is 3.19. The van der Waals surface area contributed by atoms with Gasteiger partial charge in [0, 0.05) is 6.26 Å². The molecule has 0 unspecified atom stereocenters. The van der Waals surface area contributed by atoms with Gasteiger partial charge in [0.1, 0.15) is 0 Å². The van der Waals surface area contributed by atoms with Crippen LogP contribution in [-0.2, 0) is 9.84 Å². The Bertz CT molecular complexity index is 469. The van der Waals surface area contributed by atoms with Gasteiger partial charge in [-0.2, -0.15) is 0 Å². The highest BCUT2D eigenvalue weighted by Gasteiger charge is 2.08. The second-order valence-electron chi connectivity index (χ2n) is 2.83. The molecule has 0 aliphatic carbocycles. The summed E-state index contributed by atoms with van der Waals surface area (Å²) in [6.45, 7) is 8.59. The Kier molecular flexibility index (Phi) is 2.39. The fourth-order valence-electron chi connectivity index (χ4n) is 0.940. The minimum Gasteiger partial charge on any atom is -0.238 e. The van der Waals surface area contributed by atoms with Crippen LogP contribution in [0.2, 0.25) is 0 Å². The van der Waals surface area contributed by atoms with Crippen LogP contribution in [0.4, 0.5) is 5.69 Å². The van der Waals surface area contributed by atoms with E-state index in [0.717, 1.165) is 11.8 Å². The summed E-state index contributed by atoms with van der Waals surface area (Å²) >= 11 is 0. The first-order chi connectivity index (χ1) is 5.95. The second-order valence-corrected chi connectivity index (χ2v) is 4.85. The van der Waals surface area contributed by atoms with Crippen molar-refractivity contribution in [2.24, 2.45) is 0 Å². The van der Waals surface area contributed by atoms with E-state index < -0.39 is 9.84 Å². The Morgan fingerprint density at radius 1 is 1.38 bits per heavy atom. The van der Waals surface area contributed by atoms with Crippen molar-refractivity contribution < 1.29 is 8.42 Å². The van der Waals surface area contributed by atoms with Crippen LogP contribution in [0, 0.1) is 13.5 Å². The van der Waals surface area contributed by atoms with Gasteiger partial charge in [0.15, 0.2) is 15.5 Å². The highest BCUT2D eigenvalue weighted by molar-refractivity contribution is 7.90. The molecule has 0 atom stereocenters. The minimum absolute atomic E-state index is 0.198. The predicted octanol–water partition coefficient (Wildman–Crippen LogP) is 1.95. The molecule has 0 heterocycles. The Balaban J connectivity index is 3.41. The molecule has 3 nitrogen and oxygen atoms in total. The van der Waals surface area contributed by atoms with Crippen molar-refractivity contribution in [3.05, 3.63) is 35.2 Å². The monoisotopic (exact) mass is 195 g/mol. The predicted molar refractivity (Wildman–Crippen MR) is 50.6 cm³/mol. The van der Waals surface area contributed by atoms with E-state index in [1.54, 1.807) is 13.0 Å². The van der Waals surface area contributed by atoms with E-state index in [4.69, 9.17) is 6.57 Å². The van der Waals surface area contributed by atoms with Crippen molar-refractivity contribution >= 4 is 15.5 Å². The molecule has 0 aliphatic heterocycles. The number of nitrogens with zero attached hydrogens (tertiary/aromatic N) is 1. The zero-order chi connectivity index (χ0) is 10.1. The Labute approximate surface area is 77.8 Å². The molecule has 0 spiro atoms. The molecule has 0 fully saturated rings. The number of rotatable bonds is 1. The molecule has 13 heavy (non-hydrogen) atoms. The van der Waals surface area contributed by atoms with E-state index in [2.05, 4.69) is 4.85 Å². The first kappa shape index (κ1) is 9.75. The van der Waals surface area contributed by atoms with Crippen LogP contribution in [0.25, 0.3) is 4.85 Å². The van der Waals surface area contributed by atoms with Gasteiger partial charge in [0.05, 0.1) is 11.5 Å². The minimum atomic E-state index is -3.20. The first-order valence-electron chi connectivity index (χ1n) is 3.63. The molecule has 4 heteroatoms. The summed E-state index contributed by atoms with van der Waals surface area (Å²) in [5, 5.41) is 0. The maximum atomic E-state index is 11.1. The lowest BCUT2D eigenvalue weighted by Gasteiger charge is -2.00. The van der Waals surface area contributed by atoms with E-state index in [0.29, 0.717) is 5.69 Å². The van der Waals surface area contributed by atoms with Crippen molar-refractivity contribution in [1.29, 1.82) is 0 Å². The van der Waals surface area contributed by atoms with Gasteiger partial charge in [-0.3, -0.25) is 0 Å². The van der Waals surface area contributed by atoms with E-state index in [1.807, 2.05) is 0 Å². The Morgan fingerprint density at radius 2 is 2.00 bits per heavy atom. The summed E-state index contributed by atoms with van der Waals surface area (Å²) < 4.78 is 22.2. The summed E-state index contributed by atoms with van der Waals surface area (Å²) in [4.78, 5) is 3.43. The van der Waals surface area contributed by atoms with Gasteiger partial charge >= 0.3 is 0 Å². The Morgan fingerprint density at radius 3 is 2.46 bits per heavy atom. The summed E-state index contributed by atoms with van der Waals surface area (Å²) in [5.74, 6) is 0. The summed E-state index contributed by atoms with van der Waals surface area (Å²) in [7, 11) is -3.20. The van der Waals surface area contributed by atoms with Gasteiger partial charge in [-0.05, 0) is 24.6 Å². The van der Waals surface area contributed by atoms with Crippen LogP contribution in [0.5, 0.6) is 0 Å². The molecular weight excluding hydrogens is 186 g/mol. The van der Waals surface area contributed by atoms with Gasteiger partial charge in [-0.1, -0.05) is 6.07 Å². The van der Waals surface area contributed by atoms with Crippen LogP contribution < -0.4 is 0 Å². The first-order valence-corrected chi connectivity index (χ1v) is 5.52. The quantitative estimate of drug-likeness (QED) is 0.642. The van der Waals surface area contributed by atoms with Crippen molar-refractivity contribution in [1.82, 2.24) is 0 Å². The number of sulfone groups is 1. The normalized spacial score (nSPS) is 10.8. The summed E-state index contributed by atoms with van der Waals surface area (Å²) in [5.41, 5.74) is 1.19. The molecule has 0 N–H and O–H groups in total. The topological polar surface area (TPSA) is 38.5 Å². The average Bonchev–Trinajstić information content (AvgIpc) is 2.03. The molecule has 0 saturated carbocycles. The number of hydrogen-bond donors (Lipinski definition) is 0. The number of aryl methyl sites for hydroxylation is 1. The van der Waals surface area contributed by atoms with E-state index in [-0.39, 0.29) is 4.90 Å². The van der Waals surface area contributed by atoms with Gasteiger partial charge in [0.25, 0.3) is 0 Å². The third-order valence-corrected chi connectivity index (χ3v) is 2.84. The molecule has 1 rings (SSSR count). The Hall–Kier alpha value is -1.34. The highest BCUT2D eigenvalue weighted by Crippen LogP contribution is 2.22. The van der Waals surface area contributed by atoms with E-state index >= 15 is 0 Å². The molecular formula is C9H9NO2S. The molecule has 68 valence electrons. The van der Waals surface area contributed by atoms with Crippen molar-refractivity contribution in [3.8, 4) is 0 Å². The van der Waals surface area contributed by atoms with Crippen LogP contribution in [-0.4, -0.2) is 14.7 Å². The van der Waals surface area contributed by atoms with Crippen molar-refractivity contribution in [3.63, 3.8) is 0 Å². The molecule has 0 amide bonds. The molecule has 1 aromatic carbocycles. The number of benzene rings is 1. The average molecular weight is 195 g/mol. The lowest BCUT2D eigenvalue weighted by atomic mass is 10.2. The third-order valence-electron chi connectivity index (χ3n) is 1.73. The molecule has 0 saturated heterocycles. The maximum absolute atomic E-state index is 11.1. The molecule has 1 aromatic rings. The van der Waals surface area contributed by atoms with Crippen LogP contribution in [0.1, 0.15) is 5.56 Å². The molecule has 0 aliphatic rings. The van der Waals surface area contributed by atoms with Crippen molar-refractivity contribution in [2.75, 3.05) is 6.26 Å². The van der Waals surface area contributed by atoms with Crippen molar-refractivity contribution in [2.45, 2.75) is 11.8 Å². The maximum Gasteiger partial charge on any atom is 0.191 e. The summed E-state index contributed by atoms with van der Waals surface area (Å²) in [6, 6.07) is 4.56. The fourth-order valence-corrected chi connectivity index (χ4v) is 1.58. The lowest BCUT2D eigenvalue weighted by molar-refractivity contribution is 0.602. The van der Waals surface area contributed by atoms with Gasteiger partial charge in [-0.25, -0.2) is 13.3 Å². The zero-order valence-electron chi connectivity index (χ0n) is 7.40. The van der Waals surface area contributed by atoms with E-state index in [1.165, 1.54) is 12.1 Å². The zero-order valence-corrected chi connectivity index (χ0v) is 8.22. The fraction of sp³-hybridized carbons (Fsp3) is 0.222. The molecule has 0 radical (unpaired) electrons. The smallest absolute Gasteiger partial charge is 0.191 e. The lowest BCUT2D eigenvalue weighted by Crippen LogP contribution is -1.96. The standard InChI is InChI=1S/C9H9NO2S/c1-7-4-5-8(13(3,11)12)6-9(7)10-2/h4-6H,1,3H3. The van der Waals surface area contributed by atoms with Crippen LogP contribution in [0.15, 0.2) is 23.1 Å². The molecule has 0 aromatic heterocycles.